The van der Waals surface area contributed by atoms with Gasteiger partial charge in [-0.1, -0.05) is 38.2 Å². The van der Waals surface area contributed by atoms with E-state index < -0.39 is 0 Å². The Kier molecular flexibility index (Phi) is 1.79. The number of hydrogen-bond acceptors (Lipinski definition) is 2. The van der Waals surface area contributed by atoms with Crippen molar-refractivity contribution in [1.29, 1.82) is 0 Å². The molecule has 0 aromatic heterocycles. The van der Waals surface area contributed by atoms with E-state index in [1.807, 2.05) is 0 Å². The Morgan fingerprint density at radius 3 is 2.85 bits per heavy atom. The van der Waals surface area contributed by atoms with Gasteiger partial charge in [0, 0.05) is 5.92 Å². The standard InChI is InChI=1S/C11H16N2/c1-8(2)10-12-9-6-4-5-7-11(9,3)13-10/h4-9H,1-3H3,(H,12,13). The van der Waals surface area contributed by atoms with E-state index in [4.69, 9.17) is 0 Å². The van der Waals surface area contributed by atoms with E-state index in [9.17, 15) is 0 Å². The van der Waals surface area contributed by atoms with Crippen LogP contribution in [0.3, 0.4) is 0 Å². The average Bonchev–Trinajstić information content (AvgIpc) is 2.41. The van der Waals surface area contributed by atoms with Gasteiger partial charge in [-0.2, -0.15) is 0 Å². The molecule has 0 spiro atoms. The zero-order valence-electron chi connectivity index (χ0n) is 8.41. The number of allylic oxidation sites excluding steroid dienone is 2. The number of nitrogens with one attached hydrogen (secondary N) is 1. The highest BCUT2D eigenvalue weighted by Gasteiger charge is 2.37. The van der Waals surface area contributed by atoms with Crippen molar-refractivity contribution in [2.45, 2.75) is 32.4 Å². The molecule has 0 saturated carbocycles. The summed E-state index contributed by atoms with van der Waals surface area (Å²) in [6, 6.07) is 0.287. The van der Waals surface area contributed by atoms with Gasteiger partial charge in [0.15, 0.2) is 0 Å². The third kappa shape index (κ3) is 1.30. The van der Waals surface area contributed by atoms with E-state index in [1.54, 1.807) is 0 Å². The van der Waals surface area contributed by atoms with Crippen molar-refractivity contribution in [2.24, 2.45) is 10.9 Å². The fourth-order valence-electron chi connectivity index (χ4n) is 1.77. The molecule has 1 heterocycles. The summed E-state index contributed by atoms with van der Waals surface area (Å²) in [6.07, 6.45) is 8.50. The number of fused-ring (bicyclic) bond motifs is 1. The summed E-state index contributed by atoms with van der Waals surface area (Å²) >= 11 is 0. The highest BCUT2D eigenvalue weighted by molar-refractivity contribution is 5.87. The maximum Gasteiger partial charge on any atom is 0.100 e. The van der Waals surface area contributed by atoms with E-state index in [0.717, 1.165) is 5.84 Å². The lowest BCUT2D eigenvalue weighted by Crippen LogP contribution is -2.46. The summed E-state index contributed by atoms with van der Waals surface area (Å²) in [5, 5.41) is 3.48. The Morgan fingerprint density at radius 2 is 2.23 bits per heavy atom. The number of aliphatic imine (C=N–C) groups is 1. The lowest BCUT2D eigenvalue weighted by atomic mass is 9.90. The van der Waals surface area contributed by atoms with Crippen molar-refractivity contribution in [2.75, 3.05) is 0 Å². The van der Waals surface area contributed by atoms with Crippen LogP contribution in [0.1, 0.15) is 20.8 Å². The molecule has 1 aliphatic carbocycles. The molecule has 0 radical (unpaired) electrons. The first-order valence-electron chi connectivity index (χ1n) is 4.84. The van der Waals surface area contributed by atoms with E-state index in [1.165, 1.54) is 0 Å². The van der Waals surface area contributed by atoms with Gasteiger partial charge in [-0.15, -0.1) is 0 Å². The van der Waals surface area contributed by atoms with Crippen LogP contribution in [0, 0.1) is 5.92 Å². The maximum atomic E-state index is 4.65. The zero-order chi connectivity index (χ0) is 9.47. The summed E-state index contributed by atoms with van der Waals surface area (Å²) in [7, 11) is 0. The molecule has 0 saturated heterocycles. The predicted octanol–water partition coefficient (Wildman–Crippen LogP) is 1.90. The van der Waals surface area contributed by atoms with Gasteiger partial charge in [-0.25, -0.2) is 0 Å². The van der Waals surface area contributed by atoms with Crippen LogP contribution in [0.5, 0.6) is 0 Å². The Hall–Kier alpha value is -1.05. The molecule has 1 aliphatic heterocycles. The van der Waals surface area contributed by atoms with E-state index in [2.05, 4.69) is 55.4 Å². The topological polar surface area (TPSA) is 24.4 Å². The molecule has 2 heteroatoms. The molecule has 2 aliphatic rings. The van der Waals surface area contributed by atoms with Gasteiger partial charge < -0.3 is 5.32 Å². The molecular weight excluding hydrogens is 160 g/mol. The van der Waals surface area contributed by atoms with Crippen molar-refractivity contribution in [1.82, 2.24) is 5.32 Å². The summed E-state index contributed by atoms with van der Waals surface area (Å²) in [5.41, 5.74) is 0.0222. The second kappa shape index (κ2) is 2.72. The Labute approximate surface area is 79.4 Å². The zero-order valence-corrected chi connectivity index (χ0v) is 8.41. The van der Waals surface area contributed by atoms with Crippen LogP contribution >= 0.6 is 0 Å². The predicted molar refractivity (Wildman–Crippen MR) is 55.9 cm³/mol. The van der Waals surface area contributed by atoms with Crippen LogP contribution in [-0.4, -0.2) is 17.4 Å². The van der Waals surface area contributed by atoms with Crippen LogP contribution < -0.4 is 5.32 Å². The minimum atomic E-state index is 0.0222. The number of nitrogens with zero attached hydrogens (tertiary/aromatic N) is 1. The molecule has 0 aromatic carbocycles. The monoisotopic (exact) mass is 176 g/mol. The van der Waals surface area contributed by atoms with Gasteiger partial charge in [0.1, 0.15) is 5.84 Å². The van der Waals surface area contributed by atoms with Crippen LogP contribution in [0.15, 0.2) is 29.3 Å². The molecule has 0 aromatic rings. The molecule has 0 bridgehead atoms. The molecule has 13 heavy (non-hydrogen) atoms. The van der Waals surface area contributed by atoms with Crippen LogP contribution in [0.2, 0.25) is 0 Å². The summed E-state index contributed by atoms with van der Waals surface area (Å²) < 4.78 is 0. The second-order valence-electron chi connectivity index (χ2n) is 4.27. The maximum absolute atomic E-state index is 4.65. The minimum Gasteiger partial charge on any atom is -0.362 e. The normalized spacial score (nSPS) is 36.0. The van der Waals surface area contributed by atoms with E-state index in [0.29, 0.717) is 5.92 Å². The smallest absolute Gasteiger partial charge is 0.100 e. The van der Waals surface area contributed by atoms with Crippen LogP contribution in [-0.2, 0) is 0 Å². The molecule has 0 amide bonds. The lowest BCUT2D eigenvalue weighted by molar-refractivity contribution is 0.497. The largest absolute Gasteiger partial charge is 0.362 e. The quantitative estimate of drug-likeness (QED) is 0.648. The first-order valence-corrected chi connectivity index (χ1v) is 4.84. The van der Waals surface area contributed by atoms with Crippen LogP contribution in [0.25, 0.3) is 0 Å². The van der Waals surface area contributed by atoms with Gasteiger partial charge in [-0.3, -0.25) is 4.99 Å². The van der Waals surface area contributed by atoms with Crippen LogP contribution in [0.4, 0.5) is 0 Å². The van der Waals surface area contributed by atoms with Gasteiger partial charge in [0.2, 0.25) is 0 Å². The average molecular weight is 176 g/mol. The molecule has 70 valence electrons. The lowest BCUT2D eigenvalue weighted by Gasteiger charge is -2.28. The Morgan fingerprint density at radius 1 is 1.46 bits per heavy atom. The van der Waals surface area contributed by atoms with E-state index >= 15 is 0 Å². The SMILES string of the molecule is CC(C)C1=NC2C=CC=CC2(C)N1. The number of rotatable bonds is 1. The molecule has 2 nitrogen and oxygen atoms in total. The first kappa shape index (κ1) is 8.54. The van der Waals surface area contributed by atoms with Crippen molar-refractivity contribution < 1.29 is 0 Å². The highest BCUT2D eigenvalue weighted by atomic mass is 15.2. The van der Waals surface area contributed by atoms with Crippen molar-refractivity contribution in [3.8, 4) is 0 Å². The Balaban J connectivity index is 2.27. The highest BCUT2D eigenvalue weighted by Crippen LogP contribution is 2.26. The third-order valence-corrected chi connectivity index (χ3v) is 2.68. The molecule has 2 rings (SSSR count). The fourth-order valence-corrected chi connectivity index (χ4v) is 1.77. The second-order valence-corrected chi connectivity index (χ2v) is 4.27. The minimum absolute atomic E-state index is 0.0222. The summed E-state index contributed by atoms with van der Waals surface area (Å²) in [6.45, 7) is 6.52. The van der Waals surface area contributed by atoms with Crippen molar-refractivity contribution in [3.63, 3.8) is 0 Å². The molecule has 1 N–H and O–H groups in total. The van der Waals surface area contributed by atoms with Gasteiger partial charge in [-0.05, 0) is 6.92 Å². The first-order chi connectivity index (χ1) is 6.12. The summed E-state index contributed by atoms with van der Waals surface area (Å²) in [5.74, 6) is 1.62. The van der Waals surface area contributed by atoms with Crippen molar-refractivity contribution >= 4 is 5.84 Å². The molecule has 0 fully saturated rings. The molecular formula is C11H16N2. The Bertz CT molecular complexity index is 299. The van der Waals surface area contributed by atoms with Gasteiger partial charge in [0.25, 0.3) is 0 Å². The van der Waals surface area contributed by atoms with Gasteiger partial charge in [0.05, 0.1) is 11.6 Å². The third-order valence-electron chi connectivity index (χ3n) is 2.68. The number of hydrogen-bond donors (Lipinski definition) is 1. The van der Waals surface area contributed by atoms with E-state index in [-0.39, 0.29) is 11.6 Å². The summed E-state index contributed by atoms with van der Waals surface area (Å²) in [4.78, 5) is 4.65. The molecule has 2 unspecified atom stereocenters. The molecule has 2 atom stereocenters. The fraction of sp³-hybridized carbons (Fsp3) is 0.545. The van der Waals surface area contributed by atoms with Gasteiger partial charge >= 0.3 is 0 Å². The van der Waals surface area contributed by atoms with Crippen molar-refractivity contribution in [3.05, 3.63) is 24.3 Å². The number of amidine groups is 1.